The average molecular weight is 261 g/mol. The van der Waals surface area contributed by atoms with Gasteiger partial charge in [0.25, 0.3) is 5.69 Å². The summed E-state index contributed by atoms with van der Waals surface area (Å²) >= 11 is 0. The first kappa shape index (κ1) is 12.1. The molecule has 2 fully saturated rings. The standard InChI is InChI=1S/C14H15NO4/c16-13(17)14(7-10-5-11(10)8-14)6-9-3-1-2-4-12(9)15(18)19/h1-4,10-11H,5-8H2,(H,16,17). The predicted octanol–water partition coefficient (Wildman–Crippen LogP) is 2.64. The zero-order chi connectivity index (χ0) is 13.6. The highest BCUT2D eigenvalue weighted by molar-refractivity contribution is 5.76. The summed E-state index contributed by atoms with van der Waals surface area (Å²) in [5.41, 5.74) is -0.223. The van der Waals surface area contributed by atoms with Gasteiger partial charge in [0.05, 0.1) is 10.3 Å². The van der Waals surface area contributed by atoms with Crippen molar-refractivity contribution in [3.8, 4) is 0 Å². The molecule has 5 nitrogen and oxygen atoms in total. The van der Waals surface area contributed by atoms with Gasteiger partial charge in [-0.1, -0.05) is 18.2 Å². The van der Waals surface area contributed by atoms with Gasteiger partial charge in [-0.3, -0.25) is 14.9 Å². The van der Waals surface area contributed by atoms with Gasteiger partial charge in [0, 0.05) is 11.6 Å². The maximum atomic E-state index is 11.6. The zero-order valence-corrected chi connectivity index (χ0v) is 10.4. The Balaban J connectivity index is 1.91. The van der Waals surface area contributed by atoms with Gasteiger partial charge in [-0.2, -0.15) is 0 Å². The fourth-order valence-electron chi connectivity index (χ4n) is 3.49. The lowest BCUT2D eigenvalue weighted by atomic mass is 9.77. The van der Waals surface area contributed by atoms with Crippen LogP contribution in [0.3, 0.4) is 0 Å². The number of carboxylic acids is 1. The number of carbonyl (C=O) groups is 1. The van der Waals surface area contributed by atoms with E-state index < -0.39 is 16.3 Å². The number of hydrogen-bond acceptors (Lipinski definition) is 3. The Morgan fingerprint density at radius 1 is 1.37 bits per heavy atom. The molecule has 0 amide bonds. The van der Waals surface area contributed by atoms with Crippen LogP contribution < -0.4 is 0 Å². The first-order valence-electron chi connectivity index (χ1n) is 6.47. The summed E-state index contributed by atoms with van der Waals surface area (Å²) in [4.78, 5) is 22.2. The molecule has 0 saturated heterocycles. The average Bonchev–Trinajstić information content (AvgIpc) is 2.97. The third kappa shape index (κ3) is 1.99. The van der Waals surface area contributed by atoms with E-state index in [2.05, 4.69) is 0 Å². The SMILES string of the molecule is O=C(O)C1(Cc2ccccc2[N+](=O)[O-])CC2CC2C1. The van der Waals surface area contributed by atoms with Crippen LogP contribution in [0.4, 0.5) is 5.69 Å². The first-order valence-corrected chi connectivity index (χ1v) is 6.47. The molecule has 0 aliphatic heterocycles. The van der Waals surface area contributed by atoms with Crippen molar-refractivity contribution in [2.24, 2.45) is 17.3 Å². The molecule has 0 bridgehead atoms. The van der Waals surface area contributed by atoms with Crippen molar-refractivity contribution in [2.75, 3.05) is 0 Å². The third-order valence-corrected chi connectivity index (χ3v) is 4.55. The fraction of sp³-hybridized carbons (Fsp3) is 0.500. The second-order valence-corrected chi connectivity index (χ2v) is 5.81. The van der Waals surface area contributed by atoms with Gasteiger partial charge in [0.15, 0.2) is 0 Å². The number of nitro benzene ring substituents is 1. The first-order chi connectivity index (χ1) is 9.02. The molecule has 1 aromatic rings. The molecule has 5 heteroatoms. The van der Waals surface area contributed by atoms with Crippen LogP contribution in [0, 0.1) is 27.4 Å². The Labute approximate surface area is 110 Å². The van der Waals surface area contributed by atoms with Crippen LogP contribution in [0.15, 0.2) is 24.3 Å². The van der Waals surface area contributed by atoms with Crippen molar-refractivity contribution >= 4 is 11.7 Å². The van der Waals surface area contributed by atoms with Crippen molar-refractivity contribution in [2.45, 2.75) is 25.7 Å². The minimum atomic E-state index is -0.808. The Morgan fingerprint density at radius 2 is 2.00 bits per heavy atom. The molecule has 100 valence electrons. The molecule has 2 aliphatic rings. The fourth-order valence-corrected chi connectivity index (χ4v) is 3.49. The summed E-state index contributed by atoms with van der Waals surface area (Å²) in [5.74, 6) is 0.246. The number of aliphatic carboxylic acids is 1. The van der Waals surface area contributed by atoms with Crippen LogP contribution in [-0.2, 0) is 11.2 Å². The normalized spacial score (nSPS) is 31.8. The molecule has 3 rings (SSSR count). The number of fused-ring (bicyclic) bond motifs is 1. The van der Waals surface area contributed by atoms with E-state index in [1.165, 1.54) is 6.07 Å². The van der Waals surface area contributed by atoms with Crippen LogP contribution in [0.5, 0.6) is 0 Å². The molecule has 0 radical (unpaired) electrons. The molecular formula is C14H15NO4. The second kappa shape index (κ2) is 4.05. The summed E-state index contributed by atoms with van der Waals surface area (Å²) in [5, 5.41) is 20.5. The summed E-state index contributed by atoms with van der Waals surface area (Å²) in [6, 6.07) is 6.46. The minimum Gasteiger partial charge on any atom is -0.481 e. The van der Waals surface area contributed by atoms with Crippen LogP contribution in [0.2, 0.25) is 0 Å². The van der Waals surface area contributed by atoms with Gasteiger partial charge >= 0.3 is 5.97 Å². The van der Waals surface area contributed by atoms with Gasteiger partial charge in [-0.25, -0.2) is 0 Å². The molecular weight excluding hydrogens is 246 g/mol. The second-order valence-electron chi connectivity index (χ2n) is 5.81. The highest BCUT2D eigenvalue weighted by Gasteiger charge is 2.57. The minimum absolute atomic E-state index is 0.0312. The Bertz CT molecular complexity index is 544. The lowest BCUT2D eigenvalue weighted by Gasteiger charge is -2.25. The molecule has 2 atom stereocenters. The molecule has 19 heavy (non-hydrogen) atoms. The highest BCUT2D eigenvalue weighted by Crippen LogP contribution is 2.61. The summed E-state index contributed by atoms with van der Waals surface area (Å²) in [6.07, 6.45) is 2.73. The van der Waals surface area contributed by atoms with E-state index in [4.69, 9.17) is 0 Å². The van der Waals surface area contributed by atoms with Crippen molar-refractivity contribution in [3.63, 3.8) is 0 Å². The van der Waals surface area contributed by atoms with Gasteiger partial charge in [-0.05, 0) is 37.5 Å². The van der Waals surface area contributed by atoms with Gasteiger partial charge in [0.2, 0.25) is 0 Å². The van der Waals surface area contributed by atoms with E-state index >= 15 is 0 Å². The van der Waals surface area contributed by atoms with Gasteiger partial charge in [-0.15, -0.1) is 0 Å². The Hall–Kier alpha value is -1.91. The smallest absolute Gasteiger partial charge is 0.309 e. The third-order valence-electron chi connectivity index (χ3n) is 4.55. The molecule has 2 aliphatic carbocycles. The molecule has 0 heterocycles. The van der Waals surface area contributed by atoms with E-state index in [1.807, 2.05) is 0 Å². The lowest BCUT2D eigenvalue weighted by Crippen LogP contribution is -2.32. The van der Waals surface area contributed by atoms with Gasteiger partial charge < -0.3 is 5.11 Å². The topological polar surface area (TPSA) is 80.4 Å². The Kier molecular flexibility index (Phi) is 2.59. The number of hydrogen-bond donors (Lipinski definition) is 1. The number of nitro groups is 1. The van der Waals surface area contributed by atoms with Crippen LogP contribution in [0.25, 0.3) is 0 Å². The van der Waals surface area contributed by atoms with Crippen molar-refractivity contribution in [1.29, 1.82) is 0 Å². The molecule has 0 spiro atoms. The zero-order valence-electron chi connectivity index (χ0n) is 10.4. The molecule has 2 unspecified atom stereocenters. The van der Waals surface area contributed by atoms with Crippen molar-refractivity contribution in [1.82, 2.24) is 0 Å². The molecule has 1 aromatic carbocycles. The maximum Gasteiger partial charge on any atom is 0.309 e. The number of benzene rings is 1. The molecule has 1 N–H and O–H groups in total. The number of para-hydroxylation sites is 1. The lowest BCUT2D eigenvalue weighted by molar-refractivity contribution is -0.385. The van der Waals surface area contributed by atoms with E-state index in [9.17, 15) is 20.0 Å². The molecule has 2 saturated carbocycles. The van der Waals surface area contributed by atoms with Crippen LogP contribution >= 0.6 is 0 Å². The van der Waals surface area contributed by atoms with E-state index in [0.29, 0.717) is 30.2 Å². The quantitative estimate of drug-likeness (QED) is 0.667. The number of rotatable bonds is 4. The predicted molar refractivity (Wildman–Crippen MR) is 67.7 cm³/mol. The summed E-state index contributed by atoms with van der Waals surface area (Å²) in [6.45, 7) is 0. The van der Waals surface area contributed by atoms with Gasteiger partial charge in [0.1, 0.15) is 0 Å². The van der Waals surface area contributed by atoms with Crippen molar-refractivity contribution in [3.05, 3.63) is 39.9 Å². The summed E-state index contributed by atoms with van der Waals surface area (Å²) in [7, 11) is 0. The van der Waals surface area contributed by atoms with E-state index in [-0.39, 0.29) is 12.1 Å². The van der Waals surface area contributed by atoms with Crippen LogP contribution in [0.1, 0.15) is 24.8 Å². The summed E-state index contributed by atoms with van der Waals surface area (Å²) < 4.78 is 0. The number of carboxylic acid groups (broad SMARTS) is 1. The van der Waals surface area contributed by atoms with E-state index in [0.717, 1.165) is 6.42 Å². The Morgan fingerprint density at radius 3 is 2.58 bits per heavy atom. The highest BCUT2D eigenvalue weighted by atomic mass is 16.6. The van der Waals surface area contributed by atoms with E-state index in [1.54, 1.807) is 18.2 Å². The van der Waals surface area contributed by atoms with Crippen molar-refractivity contribution < 1.29 is 14.8 Å². The maximum absolute atomic E-state index is 11.6. The largest absolute Gasteiger partial charge is 0.481 e. The van der Waals surface area contributed by atoms with Crippen LogP contribution in [-0.4, -0.2) is 16.0 Å². The molecule has 0 aromatic heterocycles. The number of nitrogens with zero attached hydrogens (tertiary/aromatic N) is 1. The monoisotopic (exact) mass is 261 g/mol.